The molecule has 3 heterocycles. The van der Waals surface area contributed by atoms with E-state index in [1.165, 1.54) is 5.56 Å². The number of piperidine rings is 1. The molecule has 1 aliphatic rings. The Labute approximate surface area is 128 Å². The number of benzene rings is 1. The van der Waals surface area contributed by atoms with Gasteiger partial charge in [0, 0.05) is 25.9 Å². The standard InChI is InChI=1S/C16H18N4O2/c1-10-5-6-14-13(8-10)18-16(21-14)20-7-3-4-12(9-20)15-17-11(2)22-19-15/h5-6,8,12H,3-4,7,9H2,1-2H3/t12-/m0/s1. The molecule has 0 unspecified atom stereocenters. The highest BCUT2D eigenvalue weighted by Gasteiger charge is 2.27. The molecule has 6 heteroatoms. The number of rotatable bonds is 2. The van der Waals surface area contributed by atoms with Crippen LogP contribution in [0.4, 0.5) is 6.01 Å². The van der Waals surface area contributed by atoms with E-state index in [1.807, 2.05) is 25.1 Å². The number of aromatic nitrogens is 3. The van der Waals surface area contributed by atoms with Gasteiger partial charge >= 0.3 is 0 Å². The highest BCUT2D eigenvalue weighted by atomic mass is 16.5. The molecule has 1 fully saturated rings. The zero-order valence-electron chi connectivity index (χ0n) is 12.7. The Bertz CT molecular complexity index is 807. The first-order valence-corrected chi connectivity index (χ1v) is 7.61. The number of nitrogens with zero attached hydrogens (tertiary/aromatic N) is 4. The second kappa shape index (κ2) is 5.12. The van der Waals surface area contributed by atoms with E-state index in [4.69, 9.17) is 8.94 Å². The van der Waals surface area contributed by atoms with Crippen LogP contribution >= 0.6 is 0 Å². The minimum Gasteiger partial charge on any atom is -0.423 e. The summed E-state index contributed by atoms with van der Waals surface area (Å²) in [4.78, 5) is 11.2. The van der Waals surface area contributed by atoms with E-state index in [0.29, 0.717) is 11.9 Å². The van der Waals surface area contributed by atoms with Crippen molar-refractivity contribution in [2.45, 2.75) is 32.6 Å². The molecule has 4 rings (SSSR count). The predicted molar refractivity (Wildman–Crippen MR) is 82.0 cm³/mol. The second-order valence-corrected chi connectivity index (χ2v) is 5.92. The van der Waals surface area contributed by atoms with Crippen molar-refractivity contribution in [2.24, 2.45) is 0 Å². The van der Waals surface area contributed by atoms with Crippen LogP contribution in [0.1, 0.15) is 36.0 Å². The summed E-state index contributed by atoms with van der Waals surface area (Å²) in [6.45, 7) is 5.63. The summed E-state index contributed by atoms with van der Waals surface area (Å²) < 4.78 is 11.0. The molecule has 0 N–H and O–H groups in total. The summed E-state index contributed by atoms with van der Waals surface area (Å²) in [6, 6.07) is 6.75. The molecule has 0 spiro atoms. The van der Waals surface area contributed by atoms with Gasteiger partial charge in [-0.3, -0.25) is 0 Å². The third kappa shape index (κ3) is 2.34. The Hall–Kier alpha value is -2.37. The maximum atomic E-state index is 5.90. The summed E-state index contributed by atoms with van der Waals surface area (Å²) in [5, 5.41) is 4.06. The van der Waals surface area contributed by atoms with Crippen molar-refractivity contribution < 1.29 is 8.94 Å². The van der Waals surface area contributed by atoms with E-state index in [0.717, 1.165) is 42.9 Å². The van der Waals surface area contributed by atoms with Gasteiger partial charge in [-0.1, -0.05) is 11.2 Å². The molecule has 0 saturated carbocycles. The molecule has 0 aliphatic carbocycles. The van der Waals surface area contributed by atoms with Crippen LogP contribution in [0.2, 0.25) is 0 Å². The molecule has 114 valence electrons. The molecule has 3 aromatic rings. The largest absolute Gasteiger partial charge is 0.423 e. The van der Waals surface area contributed by atoms with E-state index in [9.17, 15) is 0 Å². The summed E-state index contributed by atoms with van der Waals surface area (Å²) >= 11 is 0. The highest BCUT2D eigenvalue weighted by Crippen LogP contribution is 2.30. The van der Waals surface area contributed by atoms with E-state index in [1.54, 1.807) is 0 Å². The Morgan fingerprint density at radius 1 is 1.23 bits per heavy atom. The predicted octanol–water partition coefficient (Wildman–Crippen LogP) is 3.21. The van der Waals surface area contributed by atoms with Crippen molar-refractivity contribution in [1.82, 2.24) is 15.1 Å². The first-order valence-electron chi connectivity index (χ1n) is 7.61. The van der Waals surface area contributed by atoms with Gasteiger partial charge in [0.1, 0.15) is 5.52 Å². The minimum atomic E-state index is 0.267. The van der Waals surface area contributed by atoms with Crippen LogP contribution < -0.4 is 4.90 Å². The van der Waals surface area contributed by atoms with Crippen LogP contribution in [-0.4, -0.2) is 28.2 Å². The minimum absolute atomic E-state index is 0.267. The van der Waals surface area contributed by atoms with Crippen LogP contribution in [0.25, 0.3) is 11.1 Å². The topological polar surface area (TPSA) is 68.2 Å². The highest BCUT2D eigenvalue weighted by molar-refractivity contribution is 5.75. The zero-order chi connectivity index (χ0) is 15.1. The fourth-order valence-corrected chi connectivity index (χ4v) is 3.00. The van der Waals surface area contributed by atoms with Crippen LogP contribution in [0.15, 0.2) is 27.1 Å². The molecule has 1 saturated heterocycles. The monoisotopic (exact) mass is 298 g/mol. The molecular formula is C16H18N4O2. The van der Waals surface area contributed by atoms with Gasteiger partial charge in [-0.15, -0.1) is 0 Å². The molecule has 2 aromatic heterocycles. The van der Waals surface area contributed by atoms with Gasteiger partial charge in [0.25, 0.3) is 6.01 Å². The Balaban J connectivity index is 1.60. The third-order valence-corrected chi connectivity index (χ3v) is 4.13. The SMILES string of the molecule is Cc1ccc2oc(N3CCC[C@H](c4noc(C)n4)C3)nc2c1. The number of anilines is 1. The smallest absolute Gasteiger partial charge is 0.298 e. The van der Waals surface area contributed by atoms with Crippen LogP contribution in [0.3, 0.4) is 0 Å². The van der Waals surface area contributed by atoms with Gasteiger partial charge < -0.3 is 13.8 Å². The van der Waals surface area contributed by atoms with E-state index >= 15 is 0 Å². The Morgan fingerprint density at radius 3 is 2.95 bits per heavy atom. The summed E-state index contributed by atoms with van der Waals surface area (Å²) in [5.41, 5.74) is 2.93. The van der Waals surface area contributed by atoms with Crippen molar-refractivity contribution in [3.05, 3.63) is 35.5 Å². The lowest BCUT2D eigenvalue weighted by Gasteiger charge is -2.29. The molecule has 0 amide bonds. The summed E-state index contributed by atoms with van der Waals surface area (Å²) in [6.07, 6.45) is 2.13. The lowest BCUT2D eigenvalue weighted by atomic mass is 9.98. The molecule has 22 heavy (non-hydrogen) atoms. The lowest BCUT2D eigenvalue weighted by Crippen LogP contribution is -2.34. The van der Waals surface area contributed by atoms with Gasteiger partial charge in [0.2, 0.25) is 5.89 Å². The number of hydrogen-bond acceptors (Lipinski definition) is 6. The number of aryl methyl sites for hydroxylation is 2. The van der Waals surface area contributed by atoms with Crippen molar-refractivity contribution >= 4 is 17.1 Å². The van der Waals surface area contributed by atoms with E-state index in [-0.39, 0.29) is 5.92 Å². The maximum absolute atomic E-state index is 5.90. The molecular weight excluding hydrogens is 280 g/mol. The van der Waals surface area contributed by atoms with Crippen molar-refractivity contribution in [3.8, 4) is 0 Å². The summed E-state index contributed by atoms with van der Waals surface area (Å²) in [5.74, 6) is 1.67. The first-order chi connectivity index (χ1) is 10.7. The van der Waals surface area contributed by atoms with Gasteiger partial charge in [-0.25, -0.2) is 0 Å². The van der Waals surface area contributed by atoms with Crippen molar-refractivity contribution in [2.75, 3.05) is 18.0 Å². The maximum Gasteiger partial charge on any atom is 0.298 e. The van der Waals surface area contributed by atoms with Gasteiger partial charge in [-0.2, -0.15) is 9.97 Å². The second-order valence-electron chi connectivity index (χ2n) is 5.92. The quantitative estimate of drug-likeness (QED) is 0.723. The first kappa shape index (κ1) is 13.3. The number of hydrogen-bond donors (Lipinski definition) is 0. The molecule has 6 nitrogen and oxygen atoms in total. The van der Waals surface area contributed by atoms with Crippen molar-refractivity contribution in [3.63, 3.8) is 0 Å². The Morgan fingerprint density at radius 2 is 2.14 bits per heavy atom. The molecule has 1 atom stereocenters. The van der Waals surface area contributed by atoms with Gasteiger partial charge in [-0.05, 0) is 37.5 Å². The lowest BCUT2D eigenvalue weighted by molar-refractivity contribution is 0.375. The molecule has 1 aliphatic heterocycles. The van der Waals surface area contributed by atoms with Crippen LogP contribution in [0.5, 0.6) is 0 Å². The normalized spacial score (nSPS) is 19.0. The van der Waals surface area contributed by atoms with Crippen molar-refractivity contribution in [1.29, 1.82) is 0 Å². The van der Waals surface area contributed by atoms with Crippen LogP contribution in [0, 0.1) is 13.8 Å². The third-order valence-electron chi connectivity index (χ3n) is 4.13. The average Bonchev–Trinajstić information content (AvgIpc) is 3.13. The van der Waals surface area contributed by atoms with Gasteiger partial charge in [0.15, 0.2) is 11.4 Å². The fourth-order valence-electron chi connectivity index (χ4n) is 3.00. The molecule has 1 aromatic carbocycles. The molecule has 0 bridgehead atoms. The van der Waals surface area contributed by atoms with E-state index in [2.05, 4.69) is 26.9 Å². The number of fused-ring (bicyclic) bond motifs is 1. The summed E-state index contributed by atoms with van der Waals surface area (Å²) in [7, 11) is 0. The Kier molecular flexibility index (Phi) is 3.10. The van der Waals surface area contributed by atoms with Gasteiger partial charge in [0.05, 0.1) is 0 Å². The average molecular weight is 298 g/mol. The zero-order valence-corrected chi connectivity index (χ0v) is 12.7. The van der Waals surface area contributed by atoms with E-state index < -0.39 is 0 Å². The fraction of sp³-hybridized carbons (Fsp3) is 0.438. The van der Waals surface area contributed by atoms with Crippen LogP contribution in [-0.2, 0) is 0 Å². The number of oxazole rings is 1. The molecule has 0 radical (unpaired) electrons.